The first-order chi connectivity index (χ1) is 16.9. The van der Waals surface area contributed by atoms with Crippen molar-refractivity contribution in [3.8, 4) is 0 Å². The minimum Gasteiger partial charge on any atom is -0.472 e. The van der Waals surface area contributed by atoms with Gasteiger partial charge in [0.25, 0.3) is 5.91 Å². The van der Waals surface area contributed by atoms with Crippen molar-refractivity contribution in [1.29, 1.82) is 0 Å². The first-order valence-electron chi connectivity index (χ1n) is 11.3. The van der Waals surface area contributed by atoms with Crippen LogP contribution in [0.15, 0.2) is 58.0 Å². The van der Waals surface area contributed by atoms with E-state index in [2.05, 4.69) is 15.2 Å². The molecule has 0 unspecified atom stereocenters. The Morgan fingerprint density at radius 2 is 1.89 bits per heavy atom. The van der Waals surface area contributed by atoms with Crippen molar-refractivity contribution < 1.29 is 31.5 Å². The lowest BCUT2D eigenvalue weighted by Crippen LogP contribution is -2.41. The topological polar surface area (TPSA) is 84.0 Å². The van der Waals surface area contributed by atoms with Gasteiger partial charge in [-0.2, -0.15) is 13.2 Å². The summed E-state index contributed by atoms with van der Waals surface area (Å²) in [5, 5.41) is 2.83. The van der Waals surface area contributed by atoms with Crippen LogP contribution >= 0.6 is 0 Å². The molecule has 1 fully saturated rings. The molecule has 4 rings (SSSR count). The summed E-state index contributed by atoms with van der Waals surface area (Å²) in [5.41, 5.74) is 0.801. The first-order valence-corrected chi connectivity index (χ1v) is 11.3. The Kier molecular flexibility index (Phi) is 8.21. The second-order valence-electron chi connectivity index (χ2n) is 8.31. The fourth-order valence-electron chi connectivity index (χ4n) is 3.83. The number of hydrogen-bond donors (Lipinski definition) is 1. The van der Waals surface area contributed by atoms with Crippen LogP contribution in [0.1, 0.15) is 33.1 Å². The number of carbonyl (C=O) groups excluding carboxylic acids is 1. The van der Waals surface area contributed by atoms with Crippen molar-refractivity contribution in [3.63, 3.8) is 0 Å². The molecule has 3 heterocycles. The van der Waals surface area contributed by atoms with E-state index in [1.54, 1.807) is 18.4 Å². The van der Waals surface area contributed by atoms with E-state index < -0.39 is 11.7 Å². The van der Waals surface area contributed by atoms with Gasteiger partial charge in [-0.25, -0.2) is 4.98 Å². The van der Waals surface area contributed by atoms with Gasteiger partial charge in [0.05, 0.1) is 37.8 Å². The number of rotatable bonds is 10. The van der Waals surface area contributed by atoms with E-state index in [1.165, 1.54) is 18.6 Å². The van der Waals surface area contributed by atoms with E-state index in [0.29, 0.717) is 37.8 Å². The number of ether oxygens (including phenoxy) is 1. The zero-order chi connectivity index (χ0) is 24.7. The van der Waals surface area contributed by atoms with E-state index in [4.69, 9.17) is 13.6 Å². The molecule has 1 aromatic carbocycles. The second-order valence-corrected chi connectivity index (χ2v) is 8.31. The normalized spacial score (nSPS) is 15.0. The minimum atomic E-state index is -4.42. The molecule has 1 amide bonds. The third-order valence-corrected chi connectivity index (χ3v) is 5.61. The third-order valence-electron chi connectivity index (χ3n) is 5.61. The number of carbonyl (C=O) groups is 1. The lowest BCUT2D eigenvalue weighted by atomic mass is 10.1. The summed E-state index contributed by atoms with van der Waals surface area (Å²) in [6, 6.07) is 6.98. The largest absolute Gasteiger partial charge is 0.472 e. The summed E-state index contributed by atoms with van der Waals surface area (Å²) in [7, 11) is 0. The van der Waals surface area contributed by atoms with E-state index in [-0.39, 0.29) is 24.7 Å². The van der Waals surface area contributed by atoms with Crippen molar-refractivity contribution in [2.24, 2.45) is 0 Å². The summed E-state index contributed by atoms with van der Waals surface area (Å²) in [6.07, 6.45) is -0.0258. The lowest BCUT2D eigenvalue weighted by molar-refractivity contribution is -0.137. The zero-order valence-electron chi connectivity index (χ0n) is 19.1. The molecule has 0 atom stereocenters. The van der Waals surface area contributed by atoms with Crippen LogP contribution in [0, 0.1) is 0 Å². The highest BCUT2D eigenvalue weighted by Gasteiger charge is 2.30. The van der Waals surface area contributed by atoms with Crippen LogP contribution in [0.3, 0.4) is 0 Å². The number of halogens is 3. The molecule has 0 radical (unpaired) electrons. The molecule has 0 aliphatic carbocycles. The SMILES string of the molecule is O=C(NCCN1CCOCC1)c1coc(CN(Cc2ccoc2)Cc2cccc(C(F)(F)F)c2)n1. The van der Waals surface area contributed by atoms with Crippen molar-refractivity contribution in [1.82, 2.24) is 20.1 Å². The van der Waals surface area contributed by atoms with Crippen LogP contribution in [-0.2, 0) is 30.5 Å². The number of furan rings is 1. The van der Waals surface area contributed by atoms with Crippen LogP contribution in [0.2, 0.25) is 0 Å². The fourth-order valence-corrected chi connectivity index (χ4v) is 3.83. The molecule has 11 heteroatoms. The molecule has 1 aliphatic rings. The minimum absolute atomic E-state index is 0.157. The molecule has 35 heavy (non-hydrogen) atoms. The zero-order valence-corrected chi connectivity index (χ0v) is 19.1. The van der Waals surface area contributed by atoms with Crippen LogP contribution in [0.4, 0.5) is 13.2 Å². The van der Waals surface area contributed by atoms with Gasteiger partial charge in [0.1, 0.15) is 6.26 Å². The maximum atomic E-state index is 13.1. The van der Waals surface area contributed by atoms with Crippen molar-refractivity contribution >= 4 is 5.91 Å². The summed E-state index contributed by atoms with van der Waals surface area (Å²) in [4.78, 5) is 20.8. The van der Waals surface area contributed by atoms with Crippen molar-refractivity contribution in [2.45, 2.75) is 25.8 Å². The molecule has 188 valence electrons. The molecule has 0 saturated carbocycles. The van der Waals surface area contributed by atoms with Gasteiger partial charge < -0.3 is 18.9 Å². The maximum absolute atomic E-state index is 13.1. The Morgan fingerprint density at radius 1 is 1.09 bits per heavy atom. The van der Waals surface area contributed by atoms with E-state index >= 15 is 0 Å². The van der Waals surface area contributed by atoms with E-state index in [1.807, 2.05) is 4.90 Å². The van der Waals surface area contributed by atoms with Gasteiger partial charge in [0, 0.05) is 44.8 Å². The predicted octanol–water partition coefficient (Wildman–Crippen LogP) is 3.55. The van der Waals surface area contributed by atoms with Gasteiger partial charge in [-0.3, -0.25) is 14.6 Å². The predicted molar refractivity (Wildman–Crippen MR) is 119 cm³/mol. The third kappa shape index (κ3) is 7.41. The van der Waals surface area contributed by atoms with Crippen LogP contribution in [-0.4, -0.2) is 60.1 Å². The van der Waals surface area contributed by atoms with Crippen LogP contribution < -0.4 is 5.32 Å². The van der Waals surface area contributed by atoms with Gasteiger partial charge in [0.15, 0.2) is 5.69 Å². The van der Waals surface area contributed by atoms with Gasteiger partial charge in [-0.15, -0.1) is 0 Å². The number of morpholine rings is 1. The number of aromatic nitrogens is 1. The molecular formula is C24H27F3N4O4. The molecule has 0 bridgehead atoms. The Labute approximate surface area is 200 Å². The summed E-state index contributed by atoms with van der Waals surface area (Å²) >= 11 is 0. The first kappa shape index (κ1) is 25.0. The Bertz CT molecular complexity index is 1080. The number of hydrogen-bond acceptors (Lipinski definition) is 7. The number of benzene rings is 1. The molecule has 1 N–H and O–H groups in total. The van der Waals surface area contributed by atoms with Crippen molar-refractivity contribution in [2.75, 3.05) is 39.4 Å². The van der Waals surface area contributed by atoms with Gasteiger partial charge in [0.2, 0.25) is 5.89 Å². The molecular weight excluding hydrogens is 465 g/mol. The van der Waals surface area contributed by atoms with Gasteiger partial charge >= 0.3 is 6.18 Å². The molecule has 1 aliphatic heterocycles. The second kappa shape index (κ2) is 11.5. The highest BCUT2D eigenvalue weighted by Crippen LogP contribution is 2.30. The highest BCUT2D eigenvalue weighted by molar-refractivity contribution is 5.91. The van der Waals surface area contributed by atoms with Gasteiger partial charge in [-0.05, 0) is 17.7 Å². The Balaban J connectivity index is 1.38. The van der Waals surface area contributed by atoms with Crippen molar-refractivity contribution in [3.05, 3.63) is 77.4 Å². The number of nitrogens with one attached hydrogen (secondary N) is 1. The Hall–Kier alpha value is -3.15. The molecule has 1 saturated heterocycles. The fraction of sp³-hybridized carbons (Fsp3) is 0.417. The number of oxazole rings is 1. The number of nitrogens with zero attached hydrogens (tertiary/aromatic N) is 3. The van der Waals surface area contributed by atoms with Crippen LogP contribution in [0.25, 0.3) is 0 Å². The lowest BCUT2D eigenvalue weighted by Gasteiger charge is -2.26. The monoisotopic (exact) mass is 492 g/mol. The summed E-state index contributed by atoms with van der Waals surface area (Å²) in [6.45, 7) is 5.06. The molecule has 0 spiro atoms. The molecule has 2 aromatic heterocycles. The number of amides is 1. The standard InChI is InChI=1S/C24H27F3N4O4/c25-24(26,27)20-3-1-2-18(12-20)13-31(14-19-4-9-34-16-19)15-22-29-21(17-35-22)23(32)28-5-6-30-7-10-33-11-8-30/h1-4,9,12,16-17H,5-8,10-11,13-15H2,(H,28,32). The maximum Gasteiger partial charge on any atom is 0.416 e. The molecule has 3 aromatic rings. The molecule has 8 nitrogen and oxygen atoms in total. The smallest absolute Gasteiger partial charge is 0.416 e. The van der Waals surface area contributed by atoms with E-state index in [9.17, 15) is 18.0 Å². The average Bonchev–Trinajstić information content (AvgIpc) is 3.52. The Morgan fingerprint density at radius 3 is 2.63 bits per heavy atom. The summed E-state index contributed by atoms with van der Waals surface area (Å²) in [5.74, 6) is -0.0497. The quantitative estimate of drug-likeness (QED) is 0.463. The average molecular weight is 492 g/mol. The highest BCUT2D eigenvalue weighted by atomic mass is 19.4. The van der Waals surface area contributed by atoms with E-state index in [0.717, 1.165) is 37.3 Å². The number of alkyl halides is 3. The summed E-state index contributed by atoms with van der Waals surface area (Å²) < 4.78 is 55.3. The van der Waals surface area contributed by atoms with Gasteiger partial charge in [-0.1, -0.05) is 18.2 Å². The van der Waals surface area contributed by atoms with Crippen LogP contribution in [0.5, 0.6) is 0 Å².